The quantitative estimate of drug-likeness (QED) is 0.905. The number of rotatable bonds is 4. The van der Waals surface area contributed by atoms with Gasteiger partial charge in [0.1, 0.15) is 5.69 Å². The predicted octanol–water partition coefficient (Wildman–Crippen LogP) is 2.37. The maximum absolute atomic E-state index is 12.5. The molecule has 1 N–H and O–H groups in total. The molecular weight excluding hydrogens is 330 g/mol. The molecule has 19 heavy (non-hydrogen) atoms. The van der Waals surface area contributed by atoms with Crippen molar-refractivity contribution in [2.45, 2.75) is 19.9 Å². The zero-order valence-corrected chi connectivity index (χ0v) is 13.8. The van der Waals surface area contributed by atoms with Gasteiger partial charge in [-0.05, 0) is 54.9 Å². The van der Waals surface area contributed by atoms with Crippen LogP contribution < -0.4 is 5.32 Å². The highest BCUT2D eigenvalue weighted by molar-refractivity contribution is 9.10. The van der Waals surface area contributed by atoms with Crippen LogP contribution in [-0.2, 0) is 6.54 Å². The number of amides is 1. The van der Waals surface area contributed by atoms with E-state index in [2.05, 4.69) is 28.2 Å². The second-order valence-corrected chi connectivity index (χ2v) is 5.71. The second kappa shape index (κ2) is 7.31. The van der Waals surface area contributed by atoms with Crippen molar-refractivity contribution in [3.05, 3.63) is 22.4 Å². The molecule has 108 valence electrons. The van der Waals surface area contributed by atoms with Gasteiger partial charge in [-0.3, -0.25) is 4.79 Å². The van der Waals surface area contributed by atoms with E-state index >= 15 is 0 Å². The predicted molar refractivity (Wildman–Crippen MR) is 83.0 cm³/mol. The second-order valence-electron chi connectivity index (χ2n) is 4.79. The smallest absolute Gasteiger partial charge is 0.270 e. The third-order valence-corrected chi connectivity index (χ3v) is 3.92. The lowest BCUT2D eigenvalue weighted by Gasteiger charge is -2.17. The molecule has 0 radical (unpaired) electrons. The first-order valence-corrected chi connectivity index (χ1v) is 7.24. The van der Waals surface area contributed by atoms with Crippen LogP contribution in [0.2, 0.25) is 0 Å². The maximum atomic E-state index is 12.5. The zero-order valence-electron chi connectivity index (χ0n) is 11.4. The molecule has 0 aromatic carbocycles. The molecule has 0 bridgehead atoms. The molecule has 1 saturated heterocycles. The fraction of sp³-hybridized carbons (Fsp3) is 0.615. The Balaban J connectivity index is 0.00000180. The summed E-state index contributed by atoms with van der Waals surface area (Å²) in [6.45, 7) is 5.60. The number of hydrogen-bond acceptors (Lipinski definition) is 2. The lowest BCUT2D eigenvalue weighted by molar-refractivity contribution is 0.0776. The van der Waals surface area contributed by atoms with Crippen molar-refractivity contribution in [3.63, 3.8) is 0 Å². The number of carbonyl (C=O) groups is 1. The van der Waals surface area contributed by atoms with Gasteiger partial charge in [0, 0.05) is 30.3 Å². The lowest BCUT2D eigenvalue weighted by atomic mass is 10.1. The Bertz CT molecular complexity index is 436. The molecular formula is C13H21BrClN3O. The standard InChI is InChI=1S/C13H20BrN3O.ClH/c1-3-16-9-11(14)6-12(16)13(18)17-5-4-10(8-17)7-15-2;/h6,9-10,15H,3-5,7-8H2,1-2H3;1H. The molecule has 2 heterocycles. The van der Waals surface area contributed by atoms with Gasteiger partial charge in [0.15, 0.2) is 0 Å². The van der Waals surface area contributed by atoms with Crippen LogP contribution in [0, 0.1) is 5.92 Å². The Morgan fingerprint density at radius 1 is 1.58 bits per heavy atom. The Kier molecular flexibility index (Phi) is 6.36. The van der Waals surface area contributed by atoms with Gasteiger partial charge in [-0.15, -0.1) is 12.4 Å². The number of nitrogens with zero attached hydrogens (tertiary/aromatic N) is 2. The van der Waals surface area contributed by atoms with E-state index in [1.54, 1.807) is 0 Å². The molecule has 1 aliphatic rings. The van der Waals surface area contributed by atoms with Crippen LogP contribution in [-0.4, -0.2) is 42.1 Å². The van der Waals surface area contributed by atoms with Crippen molar-refractivity contribution in [2.24, 2.45) is 5.92 Å². The summed E-state index contributed by atoms with van der Waals surface area (Å²) in [6, 6.07) is 1.91. The summed E-state index contributed by atoms with van der Waals surface area (Å²) in [5, 5.41) is 3.18. The molecule has 1 aromatic rings. The van der Waals surface area contributed by atoms with E-state index in [0.717, 1.165) is 42.8 Å². The summed E-state index contributed by atoms with van der Waals surface area (Å²) in [5.41, 5.74) is 0.787. The monoisotopic (exact) mass is 349 g/mol. The fourth-order valence-electron chi connectivity index (χ4n) is 2.55. The SMILES string of the molecule is CCn1cc(Br)cc1C(=O)N1CCC(CNC)C1.Cl. The minimum Gasteiger partial charge on any atom is -0.343 e. The van der Waals surface area contributed by atoms with E-state index in [-0.39, 0.29) is 18.3 Å². The molecule has 1 aromatic heterocycles. The fourth-order valence-corrected chi connectivity index (χ4v) is 3.01. The maximum Gasteiger partial charge on any atom is 0.270 e. The summed E-state index contributed by atoms with van der Waals surface area (Å²) in [6.07, 6.45) is 3.06. The molecule has 0 aliphatic carbocycles. The highest BCUT2D eigenvalue weighted by Crippen LogP contribution is 2.21. The van der Waals surface area contributed by atoms with Crippen LogP contribution in [0.15, 0.2) is 16.7 Å². The number of hydrogen-bond donors (Lipinski definition) is 1. The van der Waals surface area contributed by atoms with Crippen molar-refractivity contribution in [1.29, 1.82) is 0 Å². The number of aromatic nitrogens is 1. The Morgan fingerprint density at radius 3 is 2.95 bits per heavy atom. The first-order chi connectivity index (χ1) is 8.65. The Hall–Kier alpha value is -0.520. The van der Waals surface area contributed by atoms with Gasteiger partial charge in [0.25, 0.3) is 5.91 Å². The van der Waals surface area contributed by atoms with Crippen molar-refractivity contribution < 1.29 is 4.79 Å². The summed E-state index contributed by atoms with van der Waals surface area (Å²) in [5.74, 6) is 0.744. The van der Waals surface area contributed by atoms with Crippen LogP contribution in [0.3, 0.4) is 0 Å². The molecule has 4 nitrogen and oxygen atoms in total. The van der Waals surface area contributed by atoms with Gasteiger partial charge in [-0.2, -0.15) is 0 Å². The van der Waals surface area contributed by atoms with Gasteiger partial charge in [0.2, 0.25) is 0 Å². The van der Waals surface area contributed by atoms with Crippen LogP contribution in [0.4, 0.5) is 0 Å². The molecule has 1 fully saturated rings. The van der Waals surface area contributed by atoms with Gasteiger partial charge in [-0.1, -0.05) is 0 Å². The first-order valence-electron chi connectivity index (χ1n) is 6.45. The minimum absolute atomic E-state index is 0. The average molecular weight is 351 g/mol. The first kappa shape index (κ1) is 16.5. The van der Waals surface area contributed by atoms with E-state index in [4.69, 9.17) is 0 Å². The van der Waals surface area contributed by atoms with Crippen molar-refractivity contribution in [1.82, 2.24) is 14.8 Å². The van der Waals surface area contributed by atoms with Crippen LogP contribution in [0.5, 0.6) is 0 Å². The van der Waals surface area contributed by atoms with E-state index in [0.29, 0.717) is 5.92 Å². The molecule has 1 atom stereocenters. The van der Waals surface area contributed by atoms with E-state index in [9.17, 15) is 4.79 Å². The third kappa shape index (κ3) is 3.74. The third-order valence-electron chi connectivity index (χ3n) is 3.49. The van der Waals surface area contributed by atoms with E-state index in [1.165, 1.54) is 0 Å². The molecule has 6 heteroatoms. The normalized spacial score (nSPS) is 18.5. The largest absolute Gasteiger partial charge is 0.343 e. The van der Waals surface area contributed by atoms with Crippen LogP contribution in [0.25, 0.3) is 0 Å². The topological polar surface area (TPSA) is 37.3 Å². The van der Waals surface area contributed by atoms with Crippen molar-refractivity contribution >= 4 is 34.2 Å². The van der Waals surface area contributed by atoms with Crippen molar-refractivity contribution in [2.75, 3.05) is 26.7 Å². The number of aryl methyl sites for hydroxylation is 1. The summed E-state index contributed by atoms with van der Waals surface area (Å²) >= 11 is 3.44. The highest BCUT2D eigenvalue weighted by atomic mass is 79.9. The Morgan fingerprint density at radius 2 is 2.32 bits per heavy atom. The van der Waals surface area contributed by atoms with E-state index in [1.807, 2.05) is 28.8 Å². The van der Waals surface area contributed by atoms with Gasteiger partial charge in [0.05, 0.1) is 0 Å². The molecule has 1 amide bonds. The van der Waals surface area contributed by atoms with Crippen LogP contribution >= 0.6 is 28.3 Å². The number of nitrogens with one attached hydrogen (secondary N) is 1. The summed E-state index contributed by atoms with van der Waals surface area (Å²) in [4.78, 5) is 14.4. The average Bonchev–Trinajstić information content (AvgIpc) is 2.95. The minimum atomic E-state index is 0. The molecule has 0 saturated carbocycles. The Labute approximate surface area is 129 Å². The highest BCUT2D eigenvalue weighted by Gasteiger charge is 2.27. The lowest BCUT2D eigenvalue weighted by Crippen LogP contribution is -2.31. The molecule has 1 unspecified atom stereocenters. The number of likely N-dealkylation sites (tertiary alicyclic amines) is 1. The molecule has 0 spiro atoms. The molecule has 1 aliphatic heterocycles. The van der Waals surface area contributed by atoms with Gasteiger partial charge >= 0.3 is 0 Å². The van der Waals surface area contributed by atoms with Gasteiger partial charge in [-0.25, -0.2) is 0 Å². The van der Waals surface area contributed by atoms with E-state index < -0.39 is 0 Å². The van der Waals surface area contributed by atoms with Gasteiger partial charge < -0.3 is 14.8 Å². The van der Waals surface area contributed by atoms with Crippen LogP contribution in [0.1, 0.15) is 23.8 Å². The van der Waals surface area contributed by atoms with Crippen molar-refractivity contribution in [3.8, 4) is 0 Å². The summed E-state index contributed by atoms with van der Waals surface area (Å²) in [7, 11) is 1.96. The summed E-state index contributed by atoms with van der Waals surface area (Å²) < 4.78 is 2.97. The zero-order chi connectivity index (χ0) is 13.1. The number of halogens is 2. The number of carbonyl (C=O) groups excluding carboxylic acids is 1. The molecule has 2 rings (SSSR count).